The minimum Gasteiger partial charge on any atom is -0.318 e. The summed E-state index contributed by atoms with van der Waals surface area (Å²) in [5, 5.41) is 3.93. The second kappa shape index (κ2) is 7.12. The molecule has 17 heavy (non-hydrogen) atoms. The molecule has 92 valence electrons. The highest BCUT2D eigenvalue weighted by Crippen LogP contribution is 2.03. The van der Waals surface area contributed by atoms with E-state index in [9.17, 15) is 4.79 Å². The largest absolute Gasteiger partial charge is 0.331 e. The molecule has 1 rings (SSSR count). The van der Waals surface area contributed by atoms with Gasteiger partial charge >= 0.3 is 5.97 Å². The third kappa shape index (κ3) is 6.12. The minimum absolute atomic E-state index is 0.244. The Morgan fingerprint density at radius 3 is 2.47 bits per heavy atom. The van der Waals surface area contributed by atoms with Crippen LogP contribution in [0.25, 0.3) is 0 Å². The van der Waals surface area contributed by atoms with E-state index in [-0.39, 0.29) is 16.9 Å². The molecule has 1 aromatic rings. The Kier molecular flexibility index (Phi) is 5.77. The Morgan fingerprint density at radius 1 is 1.29 bits per heavy atom. The van der Waals surface area contributed by atoms with E-state index < -0.39 is 0 Å². The molecule has 0 heterocycles. The number of hydrogen-bond donors (Lipinski definition) is 0. The zero-order chi connectivity index (χ0) is 12.7. The minimum atomic E-state index is -0.373. The van der Waals surface area contributed by atoms with E-state index in [2.05, 4.69) is 17.7 Å². The highest BCUT2D eigenvalue weighted by Gasteiger charge is 2.12. The fourth-order valence-corrected chi connectivity index (χ4v) is 2.22. The molecule has 4 heteroatoms. The summed E-state index contributed by atoms with van der Waals surface area (Å²) in [7, 11) is 0.244. The van der Waals surface area contributed by atoms with Gasteiger partial charge in [-0.3, -0.25) is 0 Å². The summed E-state index contributed by atoms with van der Waals surface area (Å²) in [6.45, 7) is 1.36. The lowest BCUT2D eigenvalue weighted by Gasteiger charge is -2.04. The molecule has 0 unspecified atom stereocenters. The second-order valence-corrected chi connectivity index (χ2v) is 6.29. The maximum atomic E-state index is 10.8. The van der Waals surface area contributed by atoms with Crippen LogP contribution in [0.15, 0.2) is 35.5 Å². The van der Waals surface area contributed by atoms with Crippen LogP contribution >= 0.6 is 0 Å². The van der Waals surface area contributed by atoms with Gasteiger partial charge in [0.15, 0.2) is 0 Å². The van der Waals surface area contributed by atoms with Crippen LogP contribution in [-0.4, -0.2) is 29.9 Å². The first-order valence-electron chi connectivity index (χ1n) is 5.39. The molecule has 0 radical (unpaired) electrons. The van der Waals surface area contributed by atoms with E-state index in [1.165, 1.54) is 12.5 Å². The van der Waals surface area contributed by atoms with E-state index in [1.54, 1.807) is 0 Å². The van der Waals surface area contributed by atoms with E-state index in [0.29, 0.717) is 0 Å². The van der Waals surface area contributed by atoms with Gasteiger partial charge < -0.3 is 4.84 Å². The Bertz CT molecular complexity index is 388. The standard InChI is InChI=1S/C13H18NO2S/c1-11(15)16-14-13(10-17(2)3)9-12-7-5-4-6-8-12/h4-8H,9-10H2,1-3H3/q+1. The Labute approximate surface area is 105 Å². The number of nitrogens with zero attached hydrogens (tertiary/aromatic N) is 1. The van der Waals surface area contributed by atoms with Crippen LogP contribution in [-0.2, 0) is 26.9 Å². The summed E-state index contributed by atoms with van der Waals surface area (Å²) >= 11 is 0. The average Bonchev–Trinajstić information content (AvgIpc) is 2.26. The van der Waals surface area contributed by atoms with Crippen LogP contribution in [0.4, 0.5) is 0 Å². The molecule has 0 saturated heterocycles. The highest BCUT2D eigenvalue weighted by molar-refractivity contribution is 7.96. The first kappa shape index (κ1) is 13.8. The zero-order valence-corrected chi connectivity index (χ0v) is 11.3. The summed E-state index contributed by atoms with van der Waals surface area (Å²) < 4.78 is 0. The lowest BCUT2D eigenvalue weighted by Crippen LogP contribution is -2.17. The van der Waals surface area contributed by atoms with Gasteiger partial charge in [0.05, 0.1) is 12.5 Å². The van der Waals surface area contributed by atoms with Crippen molar-refractivity contribution in [2.24, 2.45) is 5.16 Å². The molecule has 0 bridgehead atoms. The van der Waals surface area contributed by atoms with Gasteiger partial charge in [-0.15, -0.1) is 0 Å². The third-order valence-corrected chi connectivity index (χ3v) is 2.92. The molecule has 0 aliphatic rings. The van der Waals surface area contributed by atoms with Gasteiger partial charge in [0.2, 0.25) is 0 Å². The molecule has 0 saturated carbocycles. The predicted octanol–water partition coefficient (Wildman–Crippen LogP) is 2.03. The summed E-state index contributed by atoms with van der Waals surface area (Å²) in [5.74, 6) is 0.491. The van der Waals surface area contributed by atoms with Crippen molar-refractivity contribution in [1.29, 1.82) is 0 Å². The molecule has 1 aromatic carbocycles. The third-order valence-electron chi connectivity index (χ3n) is 2.01. The Hall–Kier alpha value is -1.29. The van der Waals surface area contributed by atoms with Gasteiger partial charge in [0, 0.05) is 13.3 Å². The number of hydrogen-bond acceptors (Lipinski definition) is 3. The molecule has 0 aliphatic carbocycles. The van der Waals surface area contributed by atoms with Gasteiger partial charge in [-0.1, -0.05) is 35.5 Å². The lowest BCUT2D eigenvalue weighted by atomic mass is 10.1. The molecule has 3 nitrogen and oxygen atoms in total. The molecule has 0 spiro atoms. The lowest BCUT2D eigenvalue weighted by molar-refractivity contribution is -0.140. The number of carbonyl (C=O) groups excluding carboxylic acids is 1. The molecule has 0 aromatic heterocycles. The first-order chi connectivity index (χ1) is 8.08. The maximum Gasteiger partial charge on any atom is 0.331 e. The summed E-state index contributed by atoms with van der Waals surface area (Å²) in [6.07, 6.45) is 5.03. The maximum absolute atomic E-state index is 10.8. The van der Waals surface area contributed by atoms with Gasteiger partial charge in [0.25, 0.3) is 0 Å². The average molecular weight is 252 g/mol. The van der Waals surface area contributed by atoms with Crippen LogP contribution in [0.1, 0.15) is 12.5 Å². The zero-order valence-electron chi connectivity index (χ0n) is 10.5. The van der Waals surface area contributed by atoms with Crippen molar-refractivity contribution in [3.63, 3.8) is 0 Å². The molecule has 0 N–H and O–H groups in total. The van der Waals surface area contributed by atoms with E-state index in [4.69, 9.17) is 4.84 Å². The van der Waals surface area contributed by atoms with Crippen molar-refractivity contribution in [3.8, 4) is 0 Å². The van der Waals surface area contributed by atoms with Crippen molar-refractivity contribution in [3.05, 3.63) is 35.9 Å². The van der Waals surface area contributed by atoms with E-state index in [1.807, 2.05) is 30.3 Å². The van der Waals surface area contributed by atoms with Crippen molar-refractivity contribution >= 4 is 22.6 Å². The SMILES string of the molecule is CC(=O)ON=C(Cc1ccccc1)C[S+](C)C. The number of benzene rings is 1. The summed E-state index contributed by atoms with van der Waals surface area (Å²) in [6, 6.07) is 10.1. The van der Waals surface area contributed by atoms with Crippen LogP contribution in [0.5, 0.6) is 0 Å². The number of rotatable bonds is 5. The van der Waals surface area contributed by atoms with Crippen molar-refractivity contribution < 1.29 is 9.63 Å². The van der Waals surface area contributed by atoms with Gasteiger partial charge in [-0.2, -0.15) is 0 Å². The van der Waals surface area contributed by atoms with Crippen LogP contribution < -0.4 is 0 Å². The molecular weight excluding hydrogens is 234 g/mol. The molecule has 0 aliphatic heterocycles. The van der Waals surface area contributed by atoms with Crippen molar-refractivity contribution in [2.75, 3.05) is 18.3 Å². The number of carbonyl (C=O) groups is 1. The van der Waals surface area contributed by atoms with Gasteiger partial charge in [-0.25, -0.2) is 4.79 Å². The Balaban J connectivity index is 2.70. The Morgan fingerprint density at radius 2 is 1.94 bits per heavy atom. The highest BCUT2D eigenvalue weighted by atomic mass is 32.2. The fourth-order valence-electron chi connectivity index (χ4n) is 1.40. The van der Waals surface area contributed by atoms with Gasteiger partial charge in [-0.05, 0) is 16.5 Å². The van der Waals surface area contributed by atoms with E-state index in [0.717, 1.165) is 17.9 Å². The predicted molar refractivity (Wildman–Crippen MR) is 73.4 cm³/mol. The molecule has 0 fully saturated rings. The quantitative estimate of drug-likeness (QED) is 0.348. The van der Waals surface area contributed by atoms with Crippen LogP contribution in [0.3, 0.4) is 0 Å². The molecule has 0 amide bonds. The second-order valence-electron chi connectivity index (χ2n) is 4.03. The smallest absolute Gasteiger partial charge is 0.318 e. The normalized spacial score (nSPS) is 11.6. The van der Waals surface area contributed by atoms with Crippen LogP contribution in [0.2, 0.25) is 0 Å². The summed E-state index contributed by atoms with van der Waals surface area (Å²) in [4.78, 5) is 15.5. The number of oxime groups is 1. The summed E-state index contributed by atoms with van der Waals surface area (Å²) in [5.41, 5.74) is 2.10. The van der Waals surface area contributed by atoms with Crippen molar-refractivity contribution in [1.82, 2.24) is 0 Å². The monoisotopic (exact) mass is 252 g/mol. The molecular formula is C13H18NO2S+. The van der Waals surface area contributed by atoms with Crippen molar-refractivity contribution in [2.45, 2.75) is 13.3 Å². The first-order valence-corrected chi connectivity index (χ1v) is 7.60. The van der Waals surface area contributed by atoms with Gasteiger partial charge in [0.1, 0.15) is 11.5 Å². The topological polar surface area (TPSA) is 38.7 Å². The van der Waals surface area contributed by atoms with Crippen LogP contribution in [0, 0.1) is 0 Å². The molecule has 0 atom stereocenters. The fraction of sp³-hybridized carbons (Fsp3) is 0.385. The van der Waals surface area contributed by atoms with E-state index >= 15 is 0 Å².